The molecule has 0 spiro atoms. The van der Waals surface area contributed by atoms with E-state index in [1.54, 1.807) is 0 Å². The van der Waals surface area contributed by atoms with Crippen LogP contribution in [0, 0.1) is 0 Å². The molecule has 0 bridgehead atoms. The zero-order chi connectivity index (χ0) is 16.1. The number of aromatic nitrogens is 2. The fourth-order valence-electron chi connectivity index (χ4n) is 2.41. The lowest BCUT2D eigenvalue weighted by Crippen LogP contribution is -2.15. The Morgan fingerprint density at radius 2 is 1.83 bits per heavy atom. The van der Waals surface area contributed by atoms with Crippen LogP contribution in [-0.4, -0.2) is 42.1 Å². The first kappa shape index (κ1) is 15.4. The van der Waals surface area contributed by atoms with Crippen LogP contribution in [0.5, 0.6) is 5.75 Å². The van der Waals surface area contributed by atoms with Crippen molar-refractivity contribution in [2.45, 2.75) is 6.42 Å². The minimum absolute atomic E-state index is 0.713. The van der Waals surface area contributed by atoms with Crippen molar-refractivity contribution in [1.82, 2.24) is 14.9 Å². The summed E-state index contributed by atoms with van der Waals surface area (Å²) in [7, 11) is 4.14. The van der Waals surface area contributed by atoms with Gasteiger partial charge in [-0.15, -0.1) is 0 Å². The lowest BCUT2D eigenvalue weighted by Gasteiger charge is -2.11. The molecule has 0 atom stereocenters. The van der Waals surface area contributed by atoms with E-state index in [0.29, 0.717) is 6.61 Å². The predicted molar refractivity (Wildman–Crippen MR) is 93.6 cm³/mol. The summed E-state index contributed by atoms with van der Waals surface area (Å²) in [4.78, 5) is 11.3. The van der Waals surface area contributed by atoms with E-state index in [9.17, 15) is 0 Å². The molecule has 118 valence electrons. The van der Waals surface area contributed by atoms with Crippen molar-refractivity contribution in [2.24, 2.45) is 0 Å². The highest BCUT2D eigenvalue weighted by Crippen LogP contribution is 2.23. The van der Waals surface area contributed by atoms with E-state index in [0.717, 1.165) is 41.0 Å². The summed E-state index contributed by atoms with van der Waals surface area (Å²) < 4.78 is 5.83. The molecule has 0 unspecified atom stereocenters. The molecule has 4 nitrogen and oxygen atoms in total. The van der Waals surface area contributed by atoms with Gasteiger partial charge in [0.1, 0.15) is 5.75 Å². The molecule has 3 rings (SSSR count). The van der Waals surface area contributed by atoms with Gasteiger partial charge in [-0.25, -0.2) is 4.98 Å². The van der Waals surface area contributed by atoms with E-state index in [4.69, 9.17) is 4.74 Å². The van der Waals surface area contributed by atoms with Gasteiger partial charge in [-0.3, -0.25) is 4.98 Å². The average Bonchev–Trinajstić information content (AvgIpc) is 2.58. The molecule has 0 amide bonds. The Kier molecular flexibility index (Phi) is 4.83. The first-order valence-electron chi connectivity index (χ1n) is 7.82. The number of rotatable bonds is 6. The quantitative estimate of drug-likeness (QED) is 0.652. The Morgan fingerprint density at radius 1 is 1.00 bits per heavy atom. The standard InChI is InChI=1S/C19H21N3O/c1-22(2)11-6-12-23-16-8-5-7-15(13-16)19-14-20-17-9-3-4-10-18(17)21-19/h3-5,7-10,13-14H,6,11-12H2,1-2H3. The van der Waals surface area contributed by atoms with Gasteiger partial charge in [0.2, 0.25) is 0 Å². The highest BCUT2D eigenvalue weighted by atomic mass is 16.5. The third-order valence-corrected chi connectivity index (χ3v) is 3.60. The number of hydrogen-bond donors (Lipinski definition) is 0. The fraction of sp³-hybridized carbons (Fsp3) is 0.263. The van der Waals surface area contributed by atoms with Crippen LogP contribution < -0.4 is 4.74 Å². The van der Waals surface area contributed by atoms with Crippen LogP contribution in [0.25, 0.3) is 22.3 Å². The van der Waals surface area contributed by atoms with Crippen molar-refractivity contribution in [3.05, 3.63) is 54.7 Å². The number of benzene rings is 2. The molecule has 1 aromatic heterocycles. The van der Waals surface area contributed by atoms with Crippen molar-refractivity contribution in [2.75, 3.05) is 27.2 Å². The summed E-state index contributed by atoms with van der Waals surface area (Å²) >= 11 is 0. The first-order valence-corrected chi connectivity index (χ1v) is 7.82. The number of ether oxygens (including phenoxy) is 1. The van der Waals surface area contributed by atoms with Crippen LogP contribution in [-0.2, 0) is 0 Å². The van der Waals surface area contributed by atoms with Crippen LogP contribution in [0.4, 0.5) is 0 Å². The molecular weight excluding hydrogens is 286 g/mol. The third kappa shape index (κ3) is 4.05. The molecule has 0 N–H and O–H groups in total. The van der Waals surface area contributed by atoms with E-state index in [-0.39, 0.29) is 0 Å². The van der Waals surface area contributed by atoms with Gasteiger partial charge in [-0.05, 0) is 44.8 Å². The number of hydrogen-bond acceptors (Lipinski definition) is 4. The Balaban J connectivity index is 1.75. The first-order chi connectivity index (χ1) is 11.2. The van der Waals surface area contributed by atoms with Gasteiger partial charge in [0.05, 0.1) is 29.5 Å². The van der Waals surface area contributed by atoms with Crippen LogP contribution in [0.1, 0.15) is 6.42 Å². The lowest BCUT2D eigenvalue weighted by atomic mass is 10.1. The van der Waals surface area contributed by atoms with Gasteiger partial charge < -0.3 is 9.64 Å². The Hall–Kier alpha value is -2.46. The molecule has 0 aliphatic carbocycles. The van der Waals surface area contributed by atoms with E-state index in [2.05, 4.69) is 29.0 Å². The van der Waals surface area contributed by atoms with E-state index in [1.165, 1.54) is 0 Å². The second-order valence-electron chi connectivity index (χ2n) is 5.78. The maximum atomic E-state index is 5.83. The zero-order valence-corrected chi connectivity index (χ0v) is 13.6. The molecule has 0 radical (unpaired) electrons. The lowest BCUT2D eigenvalue weighted by molar-refractivity contribution is 0.281. The van der Waals surface area contributed by atoms with Crippen molar-refractivity contribution in [3.63, 3.8) is 0 Å². The Morgan fingerprint density at radius 3 is 2.65 bits per heavy atom. The van der Waals surface area contributed by atoms with Gasteiger partial charge >= 0.3 is 0 Å². The predicted octanol–water partition coefficient (Wildman–Crippen LogP) is 3.63. The zero-order valence-electron chi connectivity index (χ0n) is 13.6. The molecule has 0 aliphatic rings. The summed E-state index contributed by atoms with van der Waals surface area (Å²) in [6.45, 7) is 1.74. The SMILES string of the molecule is CN(C)CCCOc1cccc(-c2cnc3ccccc3n2)c1. The molecule has 1 heterocycles. The molecule has 0 aliphatic heterocycles. The Bertz CT molecular complexity index is 786. The van der Waals surface area contributed by atoms with Gasteiger partial charge in [0.25, 0.3) is 0 Å². The van der Waals surface area contributed by atoms with Crippen LogP contribution >= 0.6 is 0 Å². The summed E-state index contributed by atoms with van der Waals surface area (Å²) in [6, 6.07) is 15.9. The summed E-state index contributed by atoms with van der Waals surface area (Å²) in [5.41, 5.74) is 3.70. The van der Waals surface area contributed by atoms with Crippen molar-refractivity contribution >= 4 is 11.0 Å². The highest BCUT2D eigenvalue weighted by molar-refractivity contribution is 5.77. The second kappa shape index (κ2) is 7.20. The van der Waals surface area contributed by atoms with Gasteiger partial charge in [0, 0.05) is 12.1 Å². The molecule has 3 aromatic rings. The number of para-hydroxylation sites is 2. The highest BCUT2D eigenvalue weighted by Gasteiger charge is 2.04. The van der Waals surface area contributed by atoms with Gasteiger partial charge in [-0.2, -0.15) is 0 Å². The number of fused-ring (bicyclic) bond motifs is 1. The van der Waals surface area contributed by atoms with Gasteiger partial charge in [0.15, 0.2) is 0 Å². The average molecular weight is 307 g/mol. The maximum absolute atomic E-state index is 5.83. The third-order valence-electron chi connectivity index (χ3n) is 3.60. The molecule has 0 saturated carbocycles. The second-order valence-corrected chi connectivity index (χ2v) is 5.78. The van der Waals surface area contributed by atoms with Gasteiger partial charge in [-0.1, -0.05) is 24.3 Å². The molecule has 4 heteroatoms. The van der Waals surface area contributed by atoms with Crippen LogP contribution in [0.2, 0.25) is 0 Å². The molecular formula is C19H21N3O. The van der Waals surface area contributed by atoms with E-state index >= 15 is 0 Å². The van der Waals surface area contributed by atoms with Crippen molar-refractivity contribution in [3.8, 4) is 17.0 Å². The van der Waals surface area contributed by atoms with Crippen LogP contribution in [0.15, 0.2) is 54.7 Å². The molecule has 2 aromatic carbocycles. The smallest absolute Gasteiger partial charge is 0.119 e. The monoisotopic (exact) mass is 307 g/mol. The topological polar surface area (TPSA) is 38.2 Å². The minimum Gasteiger partial charge on any atom is -0.494 e. The Labute approximate surface area is 136 Å². The molecule has 23 heavy (non-hydrogen) atoms. The maximum Gasteiger partial charge on any atom is 0.119 e. The summed E-state index contributed by atoms with van der Waals surface area (Å²) in [6.07, 6.45) is 2.82. The van der Waals surface area contributed by atoms with Crippen molar-refractivity contribution < 1.29 is 4.74 Å². The molecule has 0 saturated heterocycles. The van der Waals surface area contributed by atoms with E-state index < -0.39 is 0 Å². The number of nitrogens with zero attached hydrogens (tertiary/aromatic N) is 3. The van der Waals surface area contributed by atoms with E-state index in [1.807, 2.05) is 54.7 Å². The van der Waals surface area contributed by atoms with Crippen molar-refractivity contribution in [1.29, 1.82) is 0 Å². The fourth-order valence-corrected chi connectivity index (χ4v) is 2.41. The normalized spacial score (nSPS) is 11.1. The largest absolute Gasteiger partial charge is 0.494 e. The summed E-state index contributed by atoms with van der Waals surface area (Å²) in [5, 5.41) is 0. The summed E-state index contributed by atoms with van der Waals surface area (Å²) in [5.74, 6) is 0.871. The molecule has 0 fully saturated rings. The minimum atomic E-state index is 0.713. The van der Waals surface area contributed by atoms with Crippen LogP contribution in [0.3, 0.4) is 0 Å².